The minimum Gasteiger partial charge on any atom is -0.432 e. The molecule has 15 heavy (non-hydrogen) atoms. The van der Waals surface area contributed by atoms with Gasteiger partial charge in [-0.2, -0.15) is 16.7 Å². The molecule has 6 heteroatoms. The Bertz CT molecular complexity index is 327. The van der Waals surface area contributed by atoms with E-state index in [1.54, 1.807) is 18.7 Å². The normalized spacial score (nSPS) is 12.5. The van der Waals surface area contributed by atoms with Crippen molar-refractivity contribution < 1.29 is 9.21 Å². The van der Waals surface area contributed by atoms with E-state index in [0.717, 1.165) is 11.4 Å². The molecule has 1 heterocycles. The number of nitrogens with two attached hydrogens (primary N) is 1. The highest BCUT2D eigenvalue weighted by molar-refractivity contribution is 7.98. The van der Waals surface area contributed by atoms with Crippen LogP contribution in [0.25, 0.3) is 0 Å². The minimum absolute atomic E-state index is 0.206. The van der Waals surface area contributed by atoms with Crippen LogP contribution in [0, 0.1) is 6.92 Å². The first-order valence-corrected chi connectivity index (χ1v) is 6.00. The van der Waals surface area contributed by atoms with Gasteiger partial charge in [-0.25, -0.2) is 0 Å². The number of amides is 1. The summed E-state index contributed by atoms with van der Waals surface area (Å²) in [5, 5.41) is 2.52. The molecule has 0 aromatic carbocycles. The summed E-state index contributed by atoms with van der Waals surface area (Å²) in [6.45, 7) is 1.78. The molecule has 0 fully saturated rings. The van der Waals surface area contributed by atoms with Gasteiger partial charge in [0.2, 0.25) is 5.91 Å². The highest BCUT2D eigenvalue weighted by Crippen LogP contribution is 2.07. The fourth-order valence-corrected chi connectivity index (χ4v) is 1.48. The smallest absolute Gasteiger partial charge is 0.301 e. The average Bonchev–Trinajstić information content (AvgIpc) is 2.60. The second-order valence-corrected chi connectivity index (χ2v) is 4.16. The predicted molar refractivity (Wildman–Crippen MR) is 60.8 cm³/mol. The Labute approximate surface area is 92.8 Å². The van der Waals surface area contributed by atoms with Gasteiger partial charge in [-0.1, -0.05) is 0 Å². The molecular formula is C9H15N3O2S. The van der Waals surface area contributed by atoms with Gasteiger partial charge >= 0.3 is 6.01 Å². The van der Waals surface area contributed by atoms with Crippen LogP contribution in [-0.2, 0) is 4.79 Å². The number of hydrogen-bond acceptors (Lipinski definition) is 5. The number of aromatic nitrogens is 1. The molecular weight excluding hydrogens is 214 g/mol. The van der Waals surface area contributed by atoms with Crippen LogP contribution in [0.3, 0.4) is 0 Å². The van der Waals surface area contributed by atoms with Gasteiger partial charge in [0.25, 0.3) is 0 Å². The minimum atomic E-state index is -0.510. The van der Waals surface area contributed by atoms with Crippen molar-refractivity contribution in [3.8, 4) is 0 Å². The summed E-state index contributed by atoms with van der Waals surface area (Å²) in [6.07, 6.45) is 4.10. The van der Waals surface area contributed by atoms with Crippen LogP contribution >= 0.6 is 11.8 Å². The summed E-state index contributed by atoms with van der Waals surface area (Å²) >= 11 is 1.66. The zero-order valence-corrected chi connectivity index (χ0v) is 9.63. The topological polar surface area (TPSA) is 81.2 Å². The van der Waals surface area contributed by atoms with Crippen LogP contribution in [0.2, 0.25) is 0 Å². The number of oxazole rings is 1. The van der Waals surface area contributed by atoms with Crippen molar-refractivity contribution in [3.05, 3.63) is 12.0 Å². The standard InChI is InChI=1S/C9H15N3O2S/c1-6-5-14-9(11-6)12-8(13)7(10)3-4-15-2/h5,7H,3-4,10H2,1-2H3,(H,11,12,13)/t7-/m1/s1. The monoisotopic (exact) mass is 229 g/mol. The molecule has 1 aromatic heterocycles. The van der Waals surface area contributed by atoms with Crippen molar-refractivity contribution in [3.63, 3.8) is 0 Å². The van der Waals surface area contributed by atoms with Gasteiger partial charge in [-0.15, -0.1) is 0 Å². The first kappa shape index (κ1) is 12.1. The summed E-state index contributed by atoms with van der Waals surface area (Å²) in [5.74, 6) is 0.602. The van der Waals surface area contributed by atoms with Crippen LogP contribution in [0.5, 0.6) is 0 Å². The lowest BCUT2D eigenvalue weighted by molar-refractivity contribution is -0.117. The van der Waals surface area contributed by atoms with Crippen LogP contribution in [0.15, 0.2) is 10.7 Å². The predicted octanol–water partition coefficient (Wildman–Crippen LogP) is 1.00. The third-order valence-electron chi connectivity index (χ3n) is 1.82. The Morgan fingerprint density at radius 1 is 1.80 bits per heavy atom. The number of thioether (sulfide) groups is 1. The first-order chi connectivity index (χ1) is 7.13. The van der Waals surface area contributed by atoms with Gasteiger partial charge in [0.05, 0.1) is 11.7 Å². The molecule has 5 nitrogen and oxygen atoms in total. The number of hydrogen-bond donors (Lipinski definition) is 2. The van der Waals surface area contributed by atoms with E-state index in [-0.39, 0.29) is 11.9 Å². The number of anilines is 1. The van der Waals surface area contributed by atoms with Crippen LogP contribution in [0.4, 0.5) is 6.01 Å². The van der Waals surface area contributed by atoms with E-state index in [4.69, 9.17) is 10.2 Å². The average molecular weight is 229 g/mol. The molecule has 0 saturated heterocycles. The maximum Gasteiger partial charge on any atom is 0.301 e. The van der Waals surface area contributed by atoms with Crippen molar-refractivity contribution in [1.82, 2.24) is 4.98 Å². The van der Waals surface area contributed by atoms with Gasteiger partial charge in [-0.05, 0) is 25.4 Å². The van der Waals surface area contributed by atoms with E-state index in [9.17, 15) is 4.79 Å². The molecule has 3 N–H and O–H groups in total. The van der Waals surface area contributed by atoms with E-state index in [1.165, 1.54) is 6.26 Å². The van der Waals surface area contributed by atoms with Gasteiger partial charge in [0.1, 0.15) is 6.26 Å². The van der Waals surface area contributed by atoms with Crippen molar-refractivity contribution in [2.45, 2.75) is 19.4 Å². The second-order valence-electron chi connectivity index (χ2n) is 3.17. The fourth-order valence-electron chi connectivity index (χ4n) is 0.985. The summed E-state index contributed by atoms with van der Waals surface area (Å²) in [5.41, 5.74) is 6.39. The quantitative estimate of drug-likeness (QED) is 0.787. The van der Waals surface area contributed by atoms with Crippen LogP contribution < -0.4 is 11.1 Å². The van der Waals surface area contributed by atoms with Gasteiger partial charge in [-0.3, -0.25) is 10.1 Å². The molecule has 0 radical (unpaired) electrons. The molecule has 1 atom stereocenters. The molecule has 0 unspecified atom stereocenters. The van der Waals surface area contributed by atoms with Gasteiger partial charge < -0.3 is 10.2 Å². The van der Waals surface area contributed by atoms with E-state index in [0.29, 0.717) is 6.42 Å². The Balaban J connectivity index is 2.41. The van der Waals surface area contributed by atoms with E-state index in [1.807, 2.05) is 6.26 Å². The molecule has 84 valence electrons. The number of rotatable bonds is 5. The maximum absolute atomic E-state index is 11.5. The van der Waals surface area contributed by atoms with Crippen molar-refractivity contribution in [1.29, 1.82) is 0 Å². The molecule has 0 aliphatic rings. The fraction of sp³-hybridized carbons (Fsp3) is 0.556. The molecule has 1 aromatic rings. The Kier molecular flexibility index (Phi) is 4.64. The Morgan fingerprint density at radius 2 is 2.53 bits per heavy atom. The third kappa shape index (κ3) is 3.93. The zero-order valence-electron chi connectivity index (χ0n) is 8.82. The first-order valence-electron chi connectivity index (χ1n) is 4.61. The SMILES string of the molecule is CSCC[C@@H](N)C(=O)Nc1nc(C)co1. The highest BCUT2D eigenvalue weighted by atomic mass is 32.2. The Morgan fingerprint density at radius 3 is 3.07 bits per heavy atom. The number of carbonyl (C=O) groups excluding carboxylic acids is 1. The van der Waals surface area contributed by atoms with E-state index >= 15 is 0 Å². The van der Waals surface area contributed by atoms with Gasteiger partial charge in [0.15, 0.2) is 0 Å². The molecule has 1 amide bonds. The lowest BCUT2D eigenvalue weighted by Crippen LogP contribution is -2.36. The molecule has 1 rings (SSSR count). The van der Waals surface area contributed by atoms with Crippen molar-refractivity contribution in [2.75, 3.05) is 17.3 Å². The van der Waals surface area contributed by atoms with Crippen molar-refractivity contribution >= 4 is 23.7 Å². The van der Waals surface area contributed by atoms with E-state index in [2.05, 4.69) is 10.3 Å². The van der Waals surface area contributed by atoms with Gasteiger partial charge in [0, 0.05) is 0 Å². The number of nitrogens with zero attached hydrogens (tertiary/aromatic N) is 1. The summed E-state index contributed by atoms with van der Waals surface area (Å²) < 4.78 is 4.99. The molecule has 0 aliphatic heterocycles. The maximum atomic E-state index is 11.5. The lowest BCUT2D eigenvalue weighted by Gasteiger charge is -2.08. The number of aryl methyl sites for hydroxylation is 1. The lowest BCUT2D eigenvalue weighted by atomic mass is 10.2. The third-order valence-corrected chi connectivity index (χ3v) is 2.46. The summed E-state index contributed by atoms with van der Waals surface area (Å²) in [7, 11) is 0. The van der Waals surface area contributed by atoms with Crippen LogP contribution in [-0.4, -0.2) is 28.9 Å². The van der Waals surface area contributed by atoms with Crippen LogP contribution in [0.1, 0.15) is 12.1 Å². The second kappa shape index (κ2) is 5.77. The molecule has 0 aliphatic carbocycles. The van der Waals surface area contributed by atoms with Crippen molar-refractivity contribution in [2.24, 2.45) is 5.73 Å². The number of carbonyl (C=O) groups is 1. The highest BCUT2D eigenvalue weighted by Gasteiger charge is 2.14. The Hall–Kier alpha value is -1.01. The largest absolute Gasteiger partial charge is 0.432 e. The molecule has 0 bridgehead atoms. The summed E-state index contributed by atoms with van der Waals surface area (Å²) in [4.78, 5) is 15.4. The summed E-state index contributed by atoms with van der Waals surface area (Å²) in [6, 6.07) is -0.304. The number of nitrogens with one attached hydrogen (secondary N) is 1. The zero-order chi connectivity index (χ0) is 11.3. The molecule has 0 spiro atoms. The van der Waals surface area contributed by atoms with E-state index < -0.39 is 6.04 Å². The molecule has 0 saturated carbocycles.